The van der Waals surface area contributed by atoms with Crippen LogP contribution in [0.2, 0.25) is 0 Å². The molecule has 0 saturated heterocycles. The normalized spacial score (nSPS) is 13.6. The molecule has 0 fully saturated rings. The molecule has 0 bridgehead atoms. The minimum absolute atomic E-state index is 0. The minimum Gasteiger partial charge on any atom is -0.494 e. The number of aliphatic carboxylic acids is 6. The molecule has 2 amide bonds. The summed E-state index contributed by atoms with van der Waals surface area (Å²) in [6.07, 6.45) is 6.17. The van der Waals surface area contributed by atoms with E-state index in [4.69, 9.17) is 21.9 Å². The van der Waals surface area contributed by atoms with Crippen molar-refractivity contribution in [2.45, 2.75) is 133 Å². The number of pyridine rings is 1. The number of aryl methyl sites for hydroxylation is 5. The van der Waals surface area contributed by atoms with Crippen LogP contribution in [0.5, 0.6) is 5.75 Å². The van der Waals surface area contributed by atoms with Crippen molar-refractivity contribution in [1.29, 1.82) is 0 Å². The third-order valence-electron chi connectivity index (χ3n) is 14.5. The fraction of sp³-hybridized carbons (Fsp3) is 0.534. The monoisotopic (exact) mass is 1580 g/mol. The number of carbonyl (C=O) groups is 9. The van der Waals surface area contributed by atoms with Crippen molar-refractivity contribution in [2.75, 3.05) is 76.6 Å². The fourth-order valence-corrected chi connectivity index (χ4v) is 12.9. The van der Waals surface area contributed by atoms with Crippen LogP contribution < -0.4 is 30.7 Å². The molecule has 4 atom stereocenters. The van der Waals surface area contributed by atoms with E-state index in [1.165, 1.54) is 67.6 Å². The summed E-state index contributed by atoms with van der Waals surface area (Å²) < 4.78 is 68.7. The molecule has 1 heterocycles. The average Bonchev–Trinajstić information content (AvgIpc) is 0.807. The van der Waals surface area contributed by atoms with Gasteiger partial charge in [0.1, 0.15) is 23.6 Å². The van der Waals surface area contributed by atoms with Gasteiger partial charge >= 0.3 is 35.8 Å². The number of nitrogens with zero attached hydrogens (tertiary/aromatic N) is 4. The molecule has 2 aromatic carbocycles. The molecule has 92 heavy (non-hydrogen) atoms. The number of carboxylic acid groups (broad SMARTS) is 6. The number of aromatic nitrogens is 1. The Bertz CT molecular complexity index is 3260. The standard InChI is InChI=1S/C58H81N9O21S3.U.H2/c1-36-24-44(25-37(2)56(36)91(86,87)64-46(57(81)82)27-60-50(70)14-7-5-11-41-21-18-40-10-4-6-12-45(40)61-41)88-23-9-15-49(69)59-22-8-13-48(68)47(35-90(83,84)85)63-58(89)62-42-19-16-39(17-20-42)26-43(67(33-54(77)78)34-55(79)80)29-65(30-51(71)72)28-38(3)66(31-52(73)74)32-53(75)76;;/h16-21,24-25,38,43,46-47,64H,4-15,22-23,26-35H2,1-3H3,(H,59,69)(H,60,70)(H,71,72)(H,73,74)(H,75,76)(H,77,78)(H,79,80)(H,81,82)(H2,62,63,89)(H,83,84,85);;1H/t38?,43?,46?,47-;;/m0../s1/i;;1+2. The number of nitrogens with one attached hydrogen (secondary N) is 5. The van der Waals surface area contributed by atoms with E-state index in [1.807, 2.05) is 6.07 Å². The molecule has 34 heteroatoms. The first-order valence-corrected chi connectivity index (χ1v) is 32.7. The van der Waals surface area contributed by atoms with E-state index < -0.39 is 143 Å². The SMILES string of the molecule is Cc1cc(OCCCC(=O)NCCCC(=O)[C@H](CS(=O)(=O)O)NC(=S)Nc2ccc(CC(CN(CC(=O)O)CC(C)N(CC(=O)O)CC(=O)O)N(CC(=O)O)CC(=O)O)cc2)cc(C)c1S(=O)(=O)NC(CNC(=O)CCCCc1ccc2c(n1)CCCC2)C(=O)O.[3HH].[U]. The van der Waals surface area contributed by atoms with Gasteiger partial charge in [-0.25, -0.2) is 8.42 Å². The predicted molar refractivity (Wildman–Crippen MR) is 334 cm³/mol. The van der Waals surface area contributed by atoms with Gasteiger partial charge in [-0.2, -0.15) is 13.1 Å². The van der Waals surface area contributed by atoms with Crippen molar-refractivity contribution in [3.63, 3.8) is 0 Å². The Balaban J connectivity index is 0.0000147. The van der Waals surface area contributed by atoms with Crippen LogP contribution >= 0.6 is 12.2 Å². The Hall–Kier alpha value is -6.74. The van der Waals surface area contributed by atoms with Gasteiger partial charge in [0.2, 0.25) is 21.8 Å². The van der Waals surface area contributed by atoms with E-state index in [2.05, 4.69) is 32.1 Å². The number of rotatable bonds is 43. The molecular weight excluding hydrogens is 1490 g/mol. The second-order valence-corrected chi connectivity index (χ2v) is 25.7. The number of carbonyl (C=O) groups excluding carboxylic acids is 3. The van der Waals surface area contributed by atoms with Gasteiger partial charge in [-0.05, 0) is 150 Å². The van der Waals surface area contributed by atoms with Gasteiger partial charge in [0.05, 0.1) is 44.2 Å². The van der Waals surface area contributed by atoms with E-state index >= 15 is 0 Å². The summed E-state index contributed by atoms with van der Waals surface area (Å²) in [5.74, 6) is -10.6. The summed E-state index contributed by atoms with van der Waals surface area (Å²) in [6, 6.07) is 7.97. The van der Waals surface area contributed by atoms with Crippen LogP contribution in [0.4, 0.5) is 5.69 Å². The molecule has 1 aliphatic carbocycles. The molecule has 508 valence electrons. The van der Waals surface area contributed by atoms with Crippen molar-refractivity contribution in [1.82, 2.24) is 40.4 Å². The van der Waals surface area contributed by atoms with E-state index in [9.17, 15) is 95.2 Å². The average molecular weight is 1580 g/mol. The predicted octanol–water partition coefficient (Wildman–Crippen LogP) is 1.58. The van der Waals surface area contributed by atoms with Gasteiger partial charge in [0.15, 0.2) is 10.9 Å². The maximum atomic E-state index is 13.5. The van der Waals surface area contributed by atoms with Crippen LogP contribution in [-0.2, 0) is 89.0 Å². The zero-order chi connectivity index (χ0) is 67.6. The molecule has 1 aliphatic rings. The van der Waals surface area contributed by atoms with Crippen LogP contribution in [0.25, 0.3) is 0 Å². The topological polar surface area (TPSA) is 456 Å². The number of carboxylic acids is 6. The minimum atomic E-state index is -4.75. The molecular formula is C58H83N9O21S3U. The zero-order valence-corrected chi connectivity index (χ0v) is 57.9. The first kappa shape index (κ1) is 79.5. The number of hydrogen-bond donors (Lipinski definition) is 12. The van der Waals surface area contributed by atoms with Gasteiger partial charge in [-0.1, -0.05) is 18.2 Å². The molecule has 4 rings (SSSR count). The van der Waals surface area contributed by atoms with Crippen LogP contribution in [0.3, 0.4) is 0 Å². The Morgan fingerprint density at radius 1 is 0.696 bits per heavy atom. The van der Waals surface area contributed by atoms with E-state index in [0.29, 0.717) is 24.8 Å². The number of Topliss-reactive ketones (excluding diaryl/α,β-unsaturated/α-hetero) is 1. The number of anilines is 1. The summed E-state index contributed by atoms with van der Waals surface area (Å²) >= 11 is 5.35. The van der Waals surface area contributed by atoms with E-state index in [1.54, 1.807) is 0 Å². The van der Waals surface area contributed by atoms with Crippen molar-refractivity contribution in [3.05, 3.63) is 82.2 Å². The van der Waals surface area contributed by atoms with Gasteiger partial charge in [-0.3, -0.25) is 67.4 Å². The van der Waals surface area contributed by atoms with Crippen LogP contribution in [0, 0.1) is 45.0 Å². The van der Waals surface area contributed by atoms with Crippen molar-refractivity contribution >= 4 is 96.6 Å². The molecule has 1 aromatic heterocycles. The summed E-state index contributed by atoms with van der Waals surface area (Å²) in [5.41, 5.74) is 4.60. The third-order valence-corrected chi connectivity index (χ3v) is 17.2. The van der Waals surface area contributed by atoms with Gasteiger partial charge in [0.25, 0.3) is 10.1 Å². The number of hydrogen-bond acceptors (Lipinski definition) is 19. The smallest absolute Gasteiger partial charge is 0.323 e. The number of ether oxygens (including phenoxy) is 1. The van der Waals surface area contributed by atoms with Crippen molar-refractivity contribution in [2.24, 2.45) is 0 Å². The van der Waals surface area contributed by atoms with Gasteiger partial charge in [-0.15, -0.1) is 0 Å². The van der Waals surface area contributed by atoms with Crippen molar-refractivity contribution < 1.29 is 132 Å². The summed E-state index contributed by atoms with van der Waals surface area (Å²) in [7, 11) is -9.17. The molecule has 0 radical (unpaired) electrons. The van der Waals surface area contributed by atoms with Crippen LogP contribution in [-0.4, -0.2) is 226 Å². The second kappa shape index (κ2) is 39.1. The maximum Gasteiger partial charge on any atom is 0.323 e. The number of fused-ring (bicyclic) bond motifs is 1. The molecule has 12 N–H and O–H groups in total. The number of amides is 2. The fourth-order valence-electron chi connectivity index (χ4n) is 10.3. The summed E-state index contributed by atoms with van der Waals surface area (Å²) in [5, 5.41) is 68.0. The number of unbranched alkanes of at least 4 members (excludes halogenated alkanes) is 1. The largest absolute Gasteiger partial charge is 0.494 e. The Labute approximate surface area is 563 Å². The van der Waals surface area contributed by atoms with Crippen LogP contribution in [0.15, 0.2) is 53.4 Å². The van der Waals surface area contributed by atoms with E-state index in [0.717, 1.165) is 46.9 Å². The van der Waals surface area contributed by atoms with Crippen LogP contribution in [0.1, 0.15) is 99.8 Å². The Morgan fingerprint density at radius 3 is 1.86 bits per heavy atom. The Kier molecular flexibility index (Phi) is 33.8. The Morgan fingerprint density at radius 2 is 1.27 bits per heavy atom. The number of thiocarbonyl (C=S) groups is 1. The first-order chi connectivity index (χ1) is 42.8. The van der Waals surface area contributed by atoms with Gasteiger partial charge in [0, 0.05) is 107 Å². The quantitative estimate of drug-likeness (QED) is 0.0217. The van der Waals surface area contributed by atoms with Crippen molar-refractivity contribution in [3.8, 4) is 5.75 Å². The summed E-state index contributed by atoms with van der Waals surface area (Å²) in [6.45, 7) is -0.118. The molecule has 0 saturated carbocycles. The zero-order valence-electron chi connectivity index (χ0n) is 51.3. The maximum absolute atomic E-state index is 13.5. The van der Waals surface area contributed by atoms with E-state index in [-0.39, 0.29) is 130 Å². The second-order valence-electron chi connectivity index (χ2n) is 22.2. The molecule has 3 aromatic rings. The van der Waals surface area contributed by atoms with Gasteiger partial charge < -0.3 is 56.6 Å². The number of sulfonamides is 1. The molecule has 0 aliphatic heterocycles. The first-order valence-electron chi connectivity index (χ1n) is 29.2. The molecule has 30 nitrogen and oxygen atoms in total. The third kappa shape index (κ3) is 29.9. The number of benzene rings is 2. The number of ketones is 1. The molecule has 0 spiro atoms. The molecule has 3 unspecified atom stereocenters. The summed E-state index contributed by atoms with van der Waals surface area (Å²) in [4.78, 5) is 118.